The maximum absolute atomic E-state index is 4.35. The summed E-state index contributed by atoms with van der Waals surface area (Å²) in [5, 5.41) is 3.63. The minimum atomic E-state index is 0.325. The minimum absolute atomic E-state index is 0.325. The van der Waals surface area contributed by atoms with Gasteiger partial charge in [-0.1, -0.05) is 25.1 Å². The SMILES string of the molecule is CCCNC(Cc1ncc[nH]1)c1cccc(C)c1C. The van der Waals surface area contributed by atoms with Crippen molar-refractivity contribution in [2.75, 3.05) is 6.54 Å². The van der Waals surface area contributed by atoms with Crippen molar-refractivity contribution < 1.29 is 0 Å². The summed E-state index contributed by atoms with van der Waals surface area (Å²) in [5.74, 6) is 1.04. The molecule has 2 aromatic rings. The van der Waals surface area contributed by atoms with E-state index in [0.29, 0.717) is 6.04 Å². The van der Waals surface area contributed by atoms with Crippen LogP contribution in [0.2, 0.25) is 0 Å². The van der Waals surface area contributed by atoms with E-state index in [1.807, 2.05) is 12.4 Å². The zero-order valence-corrected chi connectivity index (χ0v) is 12.0. The molecule has 3 nitrogen and oxygen atoms in total. The highest BCUT2D eigenvalue weighted by atomic mass is 14.9. The average Bonchev–Trinajstić information content (AvgIpc) is 2.91. The summed E-state index contributed by atoms with van der Waals surface area (Å²) < 4.78 is 0. The summed E-state index contributed by atoms with van der Waals surface area (Å²) in [6.45, 7) is 7.59. The predicted molar refractivity (Wildman–Crippen MR) is 79.2 cm³/mol. The zero-order chi connectivity index (χ0) is 13.7. The largest absolute Gasteiger partial charge is 0.349 e. The van der Waals surface area contributed by atoms with Gasteiger partial charge in [-0.2, -0.15) is 0 Å². The number of H-pyrrole nitrogens is 1. The summed E-state index contributed by atoms with van der Waals surface area (Å²) in [4.78, 5) is 7.54. The quantitative estimate of drug-likeness (QED) is 0.833. The van der Waals surface area contributed by atoms with E-state index in [-0.39, 0.29) is 0 Å². The second-order valence-corrected chi connectivity index (χ2v) is 5.04. The molecule has 1 unspecified atom stereocenters. The average molecular weight is 257 g/mol. The minimum Gasteiger partial charge on any atom is -0.349 e. The highest BCUT2D eigenvalue weighted by Crippen LogP contribution is 2.23. The van der Waals surface area contributed by atoms with Crippen LogP contribution in [0.5, 0.6) is 0 Å². The number of nitrogens with zero attached hydrogens (tertiary/aromatic N) is 1. The lowest BCUT2D eigenvalue weighted by molar-refractivity contribution is 0.518. The van der Waals surface area contributed by atoms with Gasteiger partial charge in [0.15, 0.2) is 0 Å². The maximum Gasteiger partial charge on any atom is 0.107 e. The Hall–Kier alpha value is -1.61. The number of nitrogens with one attached hydrogen (secondary N) is 2. The molecule has 0 amide bonds. The monoisotopic (exact) mass is 257 g/mol. The second-order valence-electron chi connectivity index (χ2n) is 5.04. The van der Waals surface area contributed by atoms with Crippen molar-refractivity contribution >= 4 is 0 Å². The van der Waals surface area contributed by atoms with Crippen LogP contribution < -0.4 is 5.32 Å². The van der Waals surface area contributed by atoms with Gasteiger partial charge in [-0.25, -0.2) is 4.98 Å². The second kappa shape index (κ2) is 6.53. The van der Waals surface area contributed by atoms with Crippen molar-refractivity contribution in [3.8, 4) is 0 Å². The molecule has 0 aliphatic carbocycles. The fraction of sp³-hybridized carbons (Fsp3) is 0.438. The Bertz CT molecular complexity index is 503. The Kier molecular flexibility index (Phi) is 4.74. The molecule has 0 saturated heterocycles. The van der Waals surface area contributed by atoms with Gasteiger partial charge in [0.2, 0.25) is 0 Å². The van der Waals surface area contributed by atoms with Crippen molar-refractivity contribution in [2.45, 2.75) is 39.7 Å². The topological polar surface area (TPSA) is 40.7 Å². The molecule has 0 fully saturated rings. The molecule has 0 radical (unpaired) electrons. The van der Waals surface area contributed by atoms with Crippen LogP contribution in [0.25, 0.3) is 0 Å². The first-order valence-electron chi connectivity index (χ1n) is 7.00. The first kappa shape index (κ1) is 13.8. The van der Waals surface area contributed by atoms with Crippen LogP contribution in [-0.2, 0) is 6.42 Å². The van der Waals surface area contributed by atoms with E-state index in [1.54, 1.807) is 0 Å². The van der Waals surface area contributed by atoms with Gasteiger partial charge in [0.1, 0.15) is 5.82 Å². The lowest BCUT2D eigenvalue weighted by Crippen LogP contribution is -2.25. The van der Waals surface area contributed by atoms with Gasteiger partial charge in [-0.05, 0) is 43.5 Å². The molecule has 102 valence electrons. The van der Waals surface area contributed by atoms with E-state index in [0.717, 1.165) is 25.2 Å². The molecule has 0 aliphatic heterocycles. The Morgan fingerprint density at radius 1 is 1.32 bits per heavy atom. The molecule has 0 saturated carbocycles. The Labute approximate surface area is 115 Å². The lowest BCUT2D eigenvalue weighted by atomic mass is 9.95. The first-order valence-corrected chi connectivity index (χ1v) is 7.00. The van der Waals surface area contributed by atoms with Crippen LogP contribution in [0.4, 0.5) is 0 Å². The smallest absolute Gasteiger partial charge is 0.107 e. The third-order valence-electron chi connectivity index (χ3n) is 3.62. The third kappa shape index (κ3) is 3.44. The molecule has 0 bridgehead atoms. The Morgan fingerprint density at radius 3 is 2.84 bits per heavy atom. The van der Waals surface area contributed by atoms with Gasteiger partial charge in [0, 0.05) is 24.9 Å². The van der Waals surface area contributed by atoms with E-state index >= 15 is 0 Å². The summed E-state index contributed by atoms with van der Waals surface area (Å²) in [7, 11) is 0. The fourth-order valence-corrected chi connectivity index (χ4v) is 2.36. The number of hydrogen-bond donors (Lipinski definition) is 2. The van der Waals surface area contributed by atoms with Crippen molar-refractivity contribution in [2.24, 2.45) is 0 Å². The van der Waals surface area contributed by atoms with E-state index in [9.17, 15) is 0 Å². The number of benzene rings is 1. The number of hydrogen-bond acceptors (Lipinski definition) is 2. The number of imidazole rings is 1. The van der Waals surface area contributed by atoms with Crippen molar-refractivity contribution in [1.82, 2.24) is 15.3 Å². The highest BCUT2D eigenvalue weighted by Gasteiger charge is 2.15. The number of aromatic nitrogens is 2. The fourth-order valence-electron chi connectivity index (χ4n) is 2.36. The Morgan fingerprint density at radius 2 is 2.16 bits per heavy atom. The zero-order valence-electron chi connectivity index (χ0n) is 12.0. The molecule has 0 aliphatic rings. The van der Waals surface area contributed by atoms with Crippen LogP contribution in [0.3, 0.4) is 0 Å². The molecular formula is C16H23N3. The lowest BCUT2D eigenvalue weighted by Gasteiger charge is -2.21. The first-order chi connectivity index (χ1) is 9.22. The van der Waals surface area contributed by atoms with Gasteiger partial charge in [-0.3, -0.25) is 0 Å². The molecule has 1 atom stereocenters. The van der Waals surface area contributed by atoms with Crippen LogP contribution in [-0.4, -0.2) is 16.5 Å². The molecule has 19 heavy (non-hydrogen) atoms. The summed E-state index contributed by atoms with van der Waals surface area (Å²) >= 11 is 0. The Balaban J connectivity index is 2.23. The standard InChI is InChI=1S/C16H23N3/c1-4-8-17-15(11-16-18-9-10-19-16)14-7-5-6-12(2)13(14)3/h5-7,9-10,15,17H,4,8,11H2,1-3H3,(H,18,19). The number of aryl methyl sites for hydroxylation is 1. The van der Waals surface area contributed by atoms with Crippen LogP contribution in [0.15, 0.2) is 30.6 Å². The summed E-state index contributed by atoms with van der Waals surface area (Å²) in [5.41, 5.74) is 4.10. The van der Waals surface area contributed by atoms with Gasteiger partial charge in [0.05, 0.1) is 0 Å². The predicted octanol–water partition coefficient (Wildman–Crippen LogP) is 3.31. The van der Waals surface area contributed by atoms with Crippen LogP contribution >= 0.6 is 0 Å². The molecule has 1 aromatic heterocycles. The third-order valence-corrected chi connectivity index (χ3v) is 3.62. The van der Waals surface area contributed by atoms with E-state index in [4.69, 9.17) is 0 Å². The van der Waals surface area contributed by atoms with Crippen LogP contribution in [0, 0.1) is 13.8 Å². The molecule has 2 N–H and O–H groups in total. The molecule has 0 spiro atoms. The summed E-state index contributed by atoms with van der Waals surface area (Å²) in [6.07, 6.45) is 5.74. The maximum atomic E-state index is 4.35. The molecular weight excluding hydrogens is 234 g/mol. The van der Waals surface area contributed by atoms with Crippen LogP contribution in [0.1, 0.15) is 41.9 Å². The van der Waals surface area contributed by atoms with E-state index in [2.05, 4.69) is 54.3 Å². The normalized spacial score (nSPS) is 12.6. The number of aromatic amines is 1. The molecule has 2 rings (SSSR count). The highest BCUT2D eigenvalue weighted by molar-refractivity contribution is 5.35. The molecule has 1 aromatic carbocycles. The van der Waals surface area contributed by atoms with Gasteiger partial charge < -0.3 is 10.3 Å². The van der Waals surface area contributed by atoms with Crippen molar-refractivity contribution in [3.63, 3.8) is 0 Å². The van der Waals surface area contributed by atoms with E-state index < -0.39 is 0 Å². The van der Waals surface area contributed by atoms with Gasteiger partial charge in [-0.15, -0.1) is 0 Å². The van der Waals surface area contributed by atoms with Gasteiger partial charge >= 0.3 is 0 Å². The van der Waals surface area contributed by atoms with Crippen molar-refractivity contribution in [1.29, 1.82) is 0 Å². The van der Waals surface area contributed by atoms with Crippen molar-refractivity contribution in [3.05, 3.63) is 53.1 Å². The van der Waals surface area contributed by atoms with E-state index in [1.165, 1.54) is 16.7 Å². The molecule has 1 heterocycles. The molecule has 3 heteroatoms. The summed E-state index contributed by atoms with van der Waals surface area (Å²) in [6, 6.07) is 6.85. The number of rotatable bonds is 6. The van der Waals surface area contributed by atoms with Gasteiger partial charge in [0.25, 0.3) is 0 Å².